The molecule has 0 radical (unpaired) electrons. The number of carbonyl (C=O) groups excluding carboxylic acids is 2. The van der Waals surface area contributed by atoms with Crippen molar-refractivity contribution in [3.05, 3.63) is 36.5 Å². The van der Waals surface area contributed by atoms with Gasteiger partial charge in [-0.2, -0.15) is 0 Å². The second-order valence-corrected chi connectivity index (χ2v) is 6.91. The van der Waals surface area contributed by atoms with Crippen LogP contribution in [0.5, 0.6) is 0 Å². The summed E-state index contributed by atoms with van der Waals surface area (Å²) in [6, 6.07) is 0. The molecule has 0 saturated carbocycles. The Bertz CT molecular complexity index is 498. The van der Waals surface area contributed by atoms with Crippen LogP contribution < -0.4 is 5.32 Å². The lowest BCUT2D eigenvalue weighted by molar-refractivity contribution is -0.157. The summed E-state index contributed by atoms with van der Waals surface area (Å²) in [5.74, 6) is -0.439. The van der Waals surface area contributed by atoms with Gasteiger partial charge < -0.3 is 10.1 Å². The minimum atomic E-state index is -0.521. The molecule has 0 bridgehead atoms. The molecule has 4 heteroatoms. The molecule has 2 atom stereocenters. The first kappa shape index (κ1) is 23.2. The number of amides is 1. The number of allylic oxidation sites excluding steroid dienone is 4. The smallest absolute Gasteiger partial charge is 0.307 e. The first-order valence-corrected chi connectivity index (χ1v) is 9.21. The maximum Gasteiger partial charge on any atom is 0.307 e. The van der Waals surface area contributed by atoms with Gasteiger partial charge in [0.05, 0.1) is 6.42 Å². The van der Waals surface area contributed by atoms with Crippen molar-refractivity contribution in [2.75, 3.05) is 6.54 Å². The first-order valence-electron chi connectivity index (χ1n) is 9.21. The fourth-order valence-electron chi connectivity index (χ4n) is 2.72. The summed E-state index contributed by atoms with van der Waals surface area (Å²) < 4.78 is 5.33. The monoisotopic (exact) mass is 349 g/mol. The predicted octanol–water partition coefficient (Wildman–Crippen LogP) is 4.58. The zero-order valence-corrected chi connectivity index (χ0v) is 16.7. The SMILES string of the molecule is C=C/C=C(\C=C/C)C1CCC(CC(=O)OC(C)(C)C)C(=O)NC1.CC. The summed E-state index contributed by atoms with van der Waals surface area (Å²) in [7, 11) is 0. The van der Waals surface area contributed by atoms with Gasteiger partial charge in [-0.3, -0.25) is 9.59 Å². The quantitative estimate of drug-likeness (QED) is 0.584. The fourth-order valence-corrected chi connectivity index (χ4v) is 2.72. The van der Waals surface area contributed by atoms with E-state index >= 15 is 0 Å². The lowest BCUT2D eigenvalue weighted by atomic mass is 9.90. The Morgan fingerprint density at radius 2 is 1.96 bits per heavy atom. The molecule has 1 fully saturated rings. The molecule has 0 spiro atoms. The third-order valence-electron chi connectivity index (χ3n) is 3.73. The van der Waals surface area contributed by atoms with Crippen molar-refractivity contribution < 1.29 is 14.3 Å². The molecule has 0 aromatic carbocycles. The molecule has 0 aromatic heterocycles. The molecule has 4 nitrogen and oxygen atoms in total. The Morgan fingerprint density at radius 1 is 1.32 bits per heavy atom. The van der Waals surface area contributed by atoms with Crippen molar-refractivity contribution in [3.63, 3.8) is 0 Å². The number of carbonyl (C=O) groups is 2. The standard InChI is InChI=1S/C19H29NO3.C2H6/c1-6-8-14(9-7-2)16-11-10-15(18(22)20-13-16)12-17(21)23-19(3,4)5;1-2/h6-9,15-16H,1,10-13H2,2-5H3,(H,20,22);1-2H3/b9-7-,14-8+;. The van der Waals surface area contributed by atoms with Crippen LogP contribution in [-0.4, -0.2) is 24.0 Å². The summed E-state index contributed by atoms with van der Waals surface area (Å²) in [6.07, 6.45) is 9.45. The van der Waals surface area contributed by atoms with Gasteiger partial charge in [0.1, 0.15) is 5.60 Å². The third-order valence-corrected chi connectivity index (χ3v) is 3.73. The van der Waals surface area contributed by atoms with E-state index in [0.29, 0.717) is 13.0 Å². The highest BCUT2D eigenvalue weighted by molar-refractivity contribution is 5.84. The van der Waals surface area contributed by atoms with Gasteiger partial charge in [0, 0.05) is 18.4 Å². The minimum absolute atomic E-state index is 0.0585. The van der Waals surface area contributed by atoms with Crippen molar-refractivity contribution in [2.45, 2.75) is 66.4 Å². The van der Waals surface area contributed by atoms with Gasteiger partial charge in [-0.1, -0.05) is 44.7 Å². The van der Waals surface area contributed by atoms with Crippen LogP contribution in [0.25, 0.3) is 0 Å². The zero-order valence-electron chi connectivity index (χ0n) is 16.7. The van der Waals surface area contributed by atoms with Crippen LogP contribution in [0.2, 0.25) is 0 Å². The second-order valence-electron chi connectivity index (χ2n) is 6.91. The average Bonchev–Trinajstić information content (AvgIpc) is 2.70. The Balaban J connectivity index is 0.00000277. The number of nitrogens with one attached hydrogen (secondary N) is 1. The predicted molar refractivity (Wildman–Crippen MR) is 104 cm³/mol. The van der Waals surface area contributed by atoms with Gasteiger partial charge in [0.25, 0.3) is 0 Å². The van der Waals surface area contributed by atoms with Gasteiger partial charge in [-0.15, -0.1) is 0 Å². The van der Waals surface area contributed by atoms with E-state index in [1.54, 1.807) is 6.08 Å². The summed E-state index contributed by atoms with van der Waals surface area (Å²) in [5.41, 5.74) is 0.632. The third kappa shape index (κ3) is 9.28. The molecule has 1 aliphatic rings. The minimum Gasteiger partial charge on any atom is -0.460 e. The van der Waals surface area contributed by atoms with E-state index in [-0.39, 0.29) is 30.1 Å². The summed E-state index contributed by atoms with van der Waals surface area (Å²) >= 11 is 0. The summed E-state index contributed by atoms with van der Waals surface area (Å²) in [4.78, 5) is 24.2. The van der Waals surface area contributed by atoms with E-state index in [1.807, 2.05) is 59.8 Å². The number of rotatable bonds is 5. The Kier molecular flexibility index (Phi) is 10.8. The van der Waals surface area contributed by atoms with Crippen molar-refractivity contribution >= 4 is 11.9 Å². The Hall–Kier alpha value is -1.84. The number of hydrogen-bond acceptors (Lipinski definition) is 3. The van der Waals surface area contributed by atoms with E-state index < -0.39 is 5.60 Å². The lowest BCUT2D eigenvalue weighted by Gasteiger charge is -2.21. The molecule has 1 saturated heterocycles. The fraction of sp³-hybridized carbons (Fsp3) is 0.619. The van der Waals surface area contributed by atoms with Crippen molar-refractivity contribution in [1.82, 2.24) is 5.32 Å². The molecule has 2 unspecified atom stereocenters. The highest BCUT2D eigenvalue weighted by Gasteiger charge is 2.29. The van der Waals surface area contributed by atoms with E-state index in [4.69, 9.17) is 4.74 Å². The maximum atomic E-state index is 12.2. The van der Waals surface area contributed by atoms with Gasteiger partial charge in [0.15, 0.2) is 0 Å². The lowest BCUT2D eigenvalue weighted by Crippen LogP contribution is -2.33. The maximum absolute atomic E-state index is 12.2. The zero-order chi connectivity index (χ0) is 19.5. The van der Waals surface area contributed by atoms with Gasteiger partial charge in [0.2, 0.25) is 5.91 Å². The molecule has 1 rings (SSSR count). The molecule has 1 aliphatic heterocycles. The van der Waals surface area contributed by atoms with Crippen molar-refractivity contribution in [1.29, 1.82) is 0 Å². The van der Waals surface area contributed by atoms with Crippen LogP contribution in [-0.2, 0) is 14.3 Å². The molecule has 1 N–H and O–H groups in total. The molecule has 142 valence electrons. The molecule has 0 aromatic rings. The normalized spacial score (nSPS) is 21.7. The van der Waals surface area contributed by atoms with Gasteiger partial charge in [-0.05, 0) is 46.1 Å². The van der Waals surface area contributed by atoms with Crippen LogP contribution in [0.3, 0.4) is 0 Å². The Labute approximate surface area is 153 Å². The molecule has 1 heterocycles. The second kappa shape index (κ2) is 11.7. The van der Waals surface area contributed by atoms with Gasteiger partial charge >= 0.3 is 5.97 Å². The highest BCUT2D eigenvalue weighted by Crippen LogP contribution is 2.26. The summed E-state index contributed by atoms with van der Waals surface area (Å²) in [6.45, 7) is 15.8. The van der Waals surface area contributed by atoms with Crippen LogP contribution in [0, 0.1) is 11.8 Å². The van der Waals surface area contributed by atoms with E-state index in [0.717, 1.165) is 12.0 Å². The van der Waals surface area contributed by atoms with Crippen molar-refractivity contribution in [3.8, 4) is 0 Å². The summed E-state index contributed by atoms with van der Waals surface area (Å²) in [5, 5.41) is 2.95. The molecular formula is C21H35NO3. The Morgan fingerprint density at radius 3 is 2.48 bits per heavy atom. The molecule has 25 heavy (non-hydrogen) atoms. The van der Waals surface area contributed by atoms with Crippen LogP contribution >= 0.6 is 0 Å². The largest absolute Gasteiger partial charge is 0.460 e. The molecule has 0 aliphatic carbocycles. The number of hydrogen-bond donors (Lipinski definition) is 1. The number of ether oxygens (including phenoxy) is 1. The molecular weight excluding hydrogens is 314 g/mol. The van der Waals surface area contributed by atoms with E-state index in [2.05, 4.69) is 11.9 Å². The highest BCUT2D eigenvalue weighted by atomic mass is 16.6. The molecule has 1 amide bonds. The first-order chi connectivity index (χ1) is 11.8. The topological polar surface area (TPSA) is 55.4 Å². The van der Waals surface area contributed by atoms with Crippen molar-refractivity contribution in [2.24, 2.45) is 11.8 Å². The average molecular weight is 350 g/mol. The number of esters is 1. The van der Waals surface area contributed by atoms with Crippen LogP contribution in [0.4, 0.5) is 0 Å². The van der Waals surface area contributed by atoms with Gasteiger partial charge in [-0.25, -0.2) is 0 Å². The van der Waals surface area contributed by atoms with E-state index in [1.165, 1.54) is 0 Å². The van der Waals surface area contributed by atoms with Crippen LogP contribution in [0.15, 0.2) is 36.5 Å². The van der Waals surface area contributed by atoms with E-state index in [9.17, 15) is 9.59 Å². The van der Waals surface area contributed by atoms with Crippen LogP contribution in [0.1, 0.15) is 60.8 Å².